The van der Waals surface area contributed by atoms with Crippen LogP contribution in [-0.4, -0.2) is 47.1 Å². The third-order valence-corrected chi connectivity index (χ3v) is 9.16. The largest absolute Gasteiger partial charge is 0.303 e. The quantitative estimate of drug-likeness (QED) is 0.336. The molecule has 0 aliphatic rings. The van der Waals surface area contributed by atoms with Gasteiger partial charge in [-0.15, -0.1) is 11.8 Å². The first-order valence-electron chi connectivity index (χ1n) is 10.9. The number of hydrogen-bond donors (Lipinski definition) is 2. The number of thioether (sulfide) groups is 1. The van der Waals surface area contributed by atoms with Gasteiger partial charge in [-0.1, -0.05) is 44.2 Å². The zero-order valence-electron chi connectivity index (χ0n) is 19.1. The van der Waals surface area contributed by atoms with Gasteiger partial charge in [-0.3, -0.25) is 9.44 Å². The summed E-state index contributed by atoms with van der Waals surface area (Å²) in [4.78, 5) is 3.34. The van der Waals surface area contributed by atoms with Gasteiger partial charge < -0.3 is 4.90 Å². The van der Waals surface area contributed by atoms with Crippen molar-refractivity contribution in [3.63, 3.8) is 0 Å². The van der Waals surface area contributed by atoms with Crippen LogP contribution in [0.25, 0.3) is 0 Å². The van der Waals surface area contributed by atoms with Gasteiger partial charge >= 0.3 is 0 Å². The fourth-order valence-corrected chi connectivity index (χ4v) is 6.93. The van der Waals surface area contributed by atoms with Crippen LogP contribution < -0.4 is 9.44 Å². The Balaban J connectivity index is 1.70. The molecule has 0 heterocycles. The topological polar surface area (TPSA) is 95.6 Å². The van der Waals surface area contributed by atoms with Crippen LogP contribution in [0.2, 0.25) is 0 Å². The van der Waals surface area contributed by atoms with Crippen molar-refractivity contribution in [1.29, 1.82) is 0 Å². The molecule has 10 heteroatoms. The lowest BCUT2D eigenvalue weighted by atomic mass is 10.3. The summed E-state index contributed by atoms with van der Waals surface area (Å²) in [5.74, 6) is 0.782. The zero-order chi connectivity index (χ0) is 24.6. The van der Waals surface area contributed by atoms with Crippen LogP contribution in [0, 0.1) is 0 Å². The van der Waals surface area contributed by atoms with Crippen LogP contribution in [0.4, 0.5) is 11.4 Å². The smallest absolute Gasteiger partial charge is 0.263 e. The summed E-state index contributed by atoms with van der Waals surface area (Å²) in [5.41, 5.74) is 0.671. The van der Waals surface area contributed by atoms with E-state index in [1.165, 1.54) is 48.2 Å². The van der Waals surface area contributed by atoms with E-state index in [1.807, 2.05) is 12.1 Å². The van der Waals surface area contributed by atoms with Crippen LogP contribution in [-0.2, 0) is 20.0 Å². The summed E-state index contributed by atoms with van der Waals surface area (Å²) < 4.78 is 56.2. The van der Waals surface area contributed by atoms with E-state index >= 15 is 0 Å². The van der Waals surface area contributed by atoms with Crippen molar-refractivity contribution in [3.8, 4) is 0 Å². The van der Waals surface area contributed by atoms with Crippen LogP contribution >= 0.6 is 11.8 Å². The Labute approximate surface area is 206 Å². The normalized spacial score (nSPS) is 12.0. The van der Waals surface area contributed by atoms with Crippen LogP contribution in [0.1, 0.15) is 13.8 Å². The Bertz CT molecular complexity index is 1280. The lowest BCUT2D eigenvalue weighted by Gasteiger charge is -2.18. The van der Waals surface area contributed by atoms with E-state index in [1.54, 1.807) is 30.3 Å². The average molecular weight is 520 g/mol. The fraction of sp³-hybridized carbons (Fsp3) is 0.250. The highest BCUT2D eigenvalue weighted by Gasteiger charge is 2.19. The molecule has 0 spiro atoms. The van der Waals surface area contributed by atoms with Gasteiger partial charge in [-0.05, 0) is 61.6 Å². The van der Waals surface area contributed by atoms with Gasteiger partial charge in [-0.25, -0.2) is 16.8 Å². The van der Waals surface area contributed by atoms with Gasteiger partial charge in [0.05, 0.1) is 4.90 Å². The van der Waals surface area contributed by atoms with Crippen molar-refractivity contribution in [2.24, 2.45) is 0 Å². The number of nitrogens with zero attached hydrogens (tertiary/aromatic N) is 1. The minimum absolute atomic E-state index is 0.148. The fourth-order valence-electron chi connectivity index (χ4n) is 3.25. The molecular formula is C24H29N3O4S3. The van der Waals surface area contributed by atoms with E-state index in [2.05, 4.69) is 28.2 Å². The molecule has 2 N–H and O–H groups in total. The molecular weight excluding hydrogens is 490 g/mol. The lowest BCUT2D eigenvalue weighted by Crippen LogP contribution is -2.25. The summed E-state index contributed by atoms with van der Waals surface area (Å²) in [6.45, 7) is 6.99. The standard InChI is InChI=1S/C24H29N3O4S3/c1-3-27(4-2)18-19-32-23-12-8-9-13-24(23)34(30,31)26-21-16-14-20(15-17-21)25-33(28,29)22-10-6-5-7-11-22/h5-17,25-26H,3-4,18-19H2,1-2H3. The van der Waals surface area contributed by atoms with E-state index in [-0.39, 0.29) is 9.79 Å². The first kappa shape index (κ1) is 26.1. The first-order valence-corrected chi connectivity index (χ1v) is 14.9. The molecule has 0 atom stereocenters. The third kappa shape index (κ3) is 6.99. The summed E-state index contributed by atoms with van der Waals surface area (Å²) in [7, 11) is -7.54. The Hall–Kier alpha value is -2.53. The van der Waals surface area contributed by atoms with Gasteiger partial charge in [0, 0.05) is 28.6 Å². The van der Waals surface area contributed by atoms with Crippen molar-refractivity contribution >= 4 is 43.2 Å². The van der Waals surface area contributed by atoms with Crippen molar-refractivity contribution in [3.05, 3.63) is 78.9 Å². The first-order chi connectivity index (χ1) is 16.2. The molecule has 0 fully saturated rings. The Morgan fingerprint density at radius 3 is 1.82 bits per heavy atom. The molecule has 0 aliphatic carbocycles. The molecule has 0 amide bonds. The summed E-state index contributed by atoms with van der Waals surface area (Å²) >= 11 is 1.51. The second-order valence-corrected chi connectivity index (χ2v) is 11.9. The minimum Gasteiger partial charge on any atom is -0.303 e. The Kier molecular flexibility index (Phi) is 9.01. The van der Waals surface area contributed by atoms with Gasteiger partial charge in [0.1, 0.15) is 4.90 Å². The monoisotopic (exact) mass is 519 g/mol. The highest BCUT2D eigenvalue weighted by atomic mass is 32.2. The highest BCUT2D eigenvalue weighted by molar-refractivity contribution is 8.00. The second kappa shape index (κ2) is 11.7. The van der Waals surface area contributed by atoms with E-state index in [0.29, 0.717) is 16.3 Å². The van der Waals surface area contributed by atoms with E-state index in [4.69, 9.17) is 0 Å². The average Bonchev–Trinajstić information content (AvgIpc) is 2.83. The van der Waals surface area contributed by atoms with Crippen LogP contribution in [0.3, 0.4) is 0 Å². The van der Waals surface area contributed by atoms with E-state index in [0.717, 1.165) is 25.4 Å². The third-order valence-electron chi connectivity index (χ3n) is 5.14. The zero-order valence-corrected chi connectivity index (χ0v) is 21.6. The molecule has 3 aromatic rings. The molecule has 3 rings (SSSR count). The molecule has 7 nitrogen and oxygen atoms in total. The minimum atomic E-state index is -3.82. The number of anilines is 2. The van der Waals surface area contributed by atoms with Crippen molar-refractivity contribution in [2.45, 2.75) is 28.5 Å². The number of sulfonamides is 2. The summed E-state index contributed by atoms with van der Waals surface area (Å²) in [6.07, 6.45) is 0. The molecule has 0 aliphatic heterocycles. The molecule has 0 saturated heterocycles. The number of benzene rings is 3. The SMILES string of the molecule is CCN(CC)CCSc1ccccc1S(=O)(=O)Nc1ccc(NS(=O)(=O)c2ccccc2)cc1. The maximum Gasteiger partial charge on any atom is 0.263 e. The van der Waals surface area contributed by atoms with Gasteiger partial charge in [0.2, 0.25) is 0 Å². The molecule has 0 unspecified atom stereocenters. The van der Waals surface area contributed by atoms with Gasteiger partial charge in [-0.2, -0.15) is 0 Å². The number of nitrogens with one attached hydrogen (secondary N) is 2. The molecule has 182 valence electrons. The van der Waals surface area contributed by atoms with E-state index < -0.39 is 20.0 Å². The number of rotatable bonds is 12. The molecule has 0 radical (unpaired) electrons. The number of hydrogen-bond acceptors (Lipinski definition) is 6. The Morgan fingerprint density at radius 2 is 1.24 bits per heavy atom. The summed E-state index contributed by atoms with van der Waals surface area (Å²) in [5, 5.41) is 0. The molecule has 0 bridgehead atoms. The van der Waals surface area contributed by atoms with Crippen LogP contribution in [0.15, 0.2) is 93.5 Å². The van der Waals surface area contributed by atoms with Gasteiger partial charge in [0.15, 0.2) is 0 Å². The maximum absolute atomic E-state index is 13.1. The maximum atomic E-state index is 13.1. The molecule has 3 aromatic carbocycles. The highest BCUT2D eigenvalue weighted by Crippen LogP contribution is 2.28. The second-order valence-electron chi connectivity index (χ2n) is 7.42. The van der Waals surface area contributed by atoms with Gasteiger partial charge in [0.25, 0.3) is 20.0 Å². The lowest BCUT2D eigenvalue weighted by molar-refractivity contribution is 0.324. The van der Waals surface area contributed by atoms with Crippen LogP contribution in [0.5, 0.6) is 0 Å². The molecule has 0 saturated carbocycles. The molecule has 34 heavy (non-hydrogen) atoms. The Morgan fingerprint density at radius 1 is 0.706 bits per heavy atom. The van der Waals surface area contributed by atoms with E-state index in [9.17, 15) is 16.8 Å². The predicted octanol–water partition coefficient (Wildman–Crippen LogP) is 4.72. The molecule has 0 aromatic heterocycles. The predicted molar refractivity (Wildman–Crippen MR) is 139 cm³/mol. The van der Waals surface area contributed by atoms with Crippen molar-refractivity contribution < 1.29 is 16.8 Å². The van der Waals surface area contributed by atoms with Crippen molar-refractivity contribution in [2.75, 3.05) is 34.8 Å². The summed E-state index contributed by atoms with van der Waals surface area (Å²) in [6, 6.07) is 21.0. The van der Waals surface area contributed by atoms with Crippen molar-refractivity contribution in [1.82, 2.24) is 4.90 Å².